The predicted molar refractivity (Wildman–Crippen MR) is 123 cm³/mol. The van der Waals surface area contributed by atoms with E-state index in [4.69, 9.17) is 0 Å². The summed E-state index contributed by atoms with van der Waals surface area (Å²) in [6.45, 7) is 5.96. The summed E-state index contributed by atoms with van der Waals surface area (Å²) in [7, 11) is 0. The number of benzene rings is 2. The SMILES string of the molecule is CC1(c2ccccc2)CCN(CCCCC23CCCc4cccc(c42)NC3=O)CC1. The van der Waals surface area contributed by atoms with Crippen molar-refractivity contribution >= 4 is 11.6 Å². The lowest BCUT2D eigenvalue weighted by molar-refractivity contribution is -0.121. The van der Waals surface area contributed by atoms with Crippen LogP contribution in [-0.4, -0.2) is 30.4 Å². The van der Waals surface area contributed by atoms with Gasteiger partial charge in [0.05, 0.1) is 5.41 Å². The summed E-state index contributed by atoms with van der Waals surface area (Å²) in [5.41, 5.74) is 5.36. The first-order chi connectivity index (χ1) is 14.6. The normalized spacial score (nSPS) is 25.0. The molecule has 30 heavy (non-hydrogen) atoms. The third-order valence-electron chi connectivity index (χ3n) is 8.12. The van der Waals surface area contributed by atoms with Gasteiger partial charge in [0.15, 0.2) is 0 Å². The second-order valence-corrected chi connectivity index (χ2v) is 9.95. The average Bonchev–Trinajstić information content (AvgIpc) is 3.07. The minimum atomic E-state index is -0.252. The number of anilines is 1. The fraction of sp³-hybridized carbons (Fsp3) is 0.519. The lowest BCUT2D eigenvalue weighted by atomic mass is 9.68. The molecule has 0 aromatic heterocycles. The third kappa shape index (κ3) is 3.37. The Kier molecular flexibility index (Phi) is 5.18. The molecule has 2 aromatic carbocycles. The van der Waals surface area contributed by atoms with Crippen LogP contribution in [0.25, 0.3) is 0 Å². The standard InChI is InChI=1S/C27H34N2O/c1-26(22-11-3-2-4-12-22)16-19-29(20-17-26)18-6-5-14-27-15-8-10-21-9-7-13-23(24(21)27)28-25(27)30/h2-4,7,9,11-13H,5-6,8,10,14-20H2,1H3,(H,28,30). The van der Waals surface area contributed by atoms with Crippen LogP contribution in [0.2, 0.25) is 0 Å². The number of hydrogen-bond acceptors (Lipinski definition) is 2. The van der Waals surface area contributed by atoms with Crippen LogP contribution in [0.15, 0.2) is 48.5 Å². The number of likely N-dealkylation sites (tertiary alicyclic amines) is 1. The molecule has 1 saturated heterocycles. The van der Waals surface area contributed by atoms with Crippen molar-refractivity contribution in [1.82, 2.24) is 4.90 Å². The lowest BCUT2D eigenvalue weighted by Gasteiger charge is -2.40. The van der Waals surface area contributed by atoms with Crippen molar-refractivity contribution in [3.05, 3.63) is 65.2 Å². The van der Waals surface area contributed by atoms with Crippen molar-refractivity contribution in [3.63, 3.8) is 0 Å². The molecule has 3 nitrogen and oxygen atoms in total. The van der Waals surface area contributed by atoms with E-state index in [0.717, 1.165) is 44.3 Å². The lowest BCUT2D eigenvalue weighted by Crippen LogP contribution is -2.41. The number of amides is 1. The monoisotopic (exact) mass is 402 g/mol. The molecule has 0 bridgehead atoms. The molecule has 5 rings (SSSR count). The highest BCUT2D eigenvalue weighted by Gasteiger charge is 2.48. The Labute approximate surface area is 180 Å². The first-order valence-electron chi connectivity index (χ1n) is 11.8. The van der Waals surface area contributed by atoms with Gasteiger partial charge in [0.25, 0.3) is 0 Å². The molecule has 1 N–H and O–H groups in total. The Morgan fingerprint density at radius 3 is 2.57 bits per heavy atom. The second kappa shape index (κ2) is 7.85. The number of piperidine rings is 1. The van der Waals surface area contributed by atoms with Crippen molar-refractivity contribution in [3.8, 4) is 0 Å². The number of rotatable bonds is 6. The van der Waals surface area contributed by atoms with Gasteiger partial charge in [-0.2, -0.15) is 0 Å². The number of nitrogens with one attached hydrogen (secondary N) is 1. The molecule has 3 heteroatoms. The molecule has 2 aliphatic heterocycles. The largest absolute Gasteiger partial charge is 0.325 e. The molecule has 1 unspecified atom stereocenters. The predicted octanol–water partition coefficient (Wildman–Crippen LogP) is 5.44. The molecule has 0 radical (unpaired) electrons. The van der Waals surface area contributed by atoms with Crippen LogP contribution in [0, 0.1) is 0 Å². The quantitative estimate of drug-likeness (QED) is 0.653. The molecule has 1 atom stereocenters. The summed E-state index contributed by atoms with van der Waals surface area (Å²) in [6.07, 6.45) is 9.06. The van der Waals surface area contributed by atoms with Crippen LogP contribution in [0.1, 0.15) is 68.6 Å². The van der Waals surface area contributed by atoms with E-state index in [2.05, 4.69) is 65.7 Å². The molecule has 1 fully saturated rings. The Balaban J connectivity index is 1.15. The average molecular weight is 403 g/mol. The van der Waals surface area contributed by atoms with Gasteiger partial charge in [-0.25, -0.2) is 0 Å². The van der Waals surface area contributed by atoms with E-state index in [9.17, 15) is 4.79 Å². The van der Waals surface area contributed by atoms with Gasteiger partial charge in [-0.15, -0.1) is 0 Å². The smallest absolute Gasteiger partial charge is 0.235 e. The third-order valence-corrected chi connectivity index (χ3v) is 8.12. The van der Waals surface area contributed by atoms with Gasteiger partial charge in [0.2, 0.25) is 5.91 Å². The van der Waals surface area contributed by atoms with Gasteiger partial charge in [-0.1, -0.05) is 55.8 Å². The maximum absolute atomic E-state index is 13.0. The van der Waals surface area contributed by atoms with Crippen LogP contribution in [0.4, 0.5) is 5.69 Å². The fourth-order valence-corrected chi connectivity index (χ4v) is 6.18. The molecule has 2 aromatic rings. The van der Waals surface area contributed by atoms with Crippen molar-refractivity contribution in [2.75, 3.05) is 25.0 Å². The molecular weight excluding hydrogens is 368 g/mol. The van der Waals surface area contributed by atoms with Crippen molar-refractivity contribution in [1.29, 1.82) is 0 Å². The minimum absolute atomic E-state index is 0.251. The van der Waals surface area contributed by atoms with Crippen LogP contribution in [0.5, 0.6) is 0 Å². The summed E-state index contributed by atoms with van der Waals surface area (Å²) in [6, 6.07) is 17.4. The molecule has 0 saturated carbocycles. The topological polar surface area (TPSA) is 32.3 Å². The zero-order valence-corrected chi connectivity index (χ0v) is 18.3. The van der Waals surface area contributed by atoms with Crippen LogP contribution >= 0.6 is 0 Å². The van der Waals surface area contributed by atoms with Crippen LogP contribution in [0.3, 0.4) is 0 Å². The van der Waals surface area contributed by atoms with Crippen molar-refractivity contribution < 1.29 is 4.79 Å². The zero-order valence-electron chi connectivity index (χ0n) is 18.3. The van der Waals surface area contributed by atoms with Crippen LogP contribution in [-0.2, 0) is 22.0 Å². The maximum atomic E-state index is 13.0. The summed E-state index contributed by atoms with van der Waals surface area (Å²) in [4.78, 5) is 15.6. The Bertz CT molecular complexity index is 914. The second-order valence-electron chi connectivity index (χ2n) is 9.95. The Morgan fingerprint density at radius 2 is 1.77 bits per heavy atom. The molecule has 158 valence electrons. The maximum Gasteiger partial charge on any atom is 0.235 e. The van der Waals surface area contributed by atoms with Crippen molar-refractivity contribution in [2.45, 2.75) is 69.1 Å². The summed E-state index contributed by atoms with van der Waals surface area (Å²) < 4.78 is 0. The first-order valence-corrected chi connectivity index (χ1v) is 11.8. The Hall–Kier alpha value is -2.13. The number of unbranched alkanes of at least 4 members (excludes halogenated alkanes) is 1. The Morgan fingerprint density at radius 1 is 0.967 bits per heavy atom. The van der Waals surface area contributed by atoms with Gasteiger partial charge >= 0.3 is 0 Å². The van der Waals surface area contributed by atoms with E-state index < -0.39 is 0 Å². The highest BCUT2D eigenvalue weighted by Crippen LogP contribution is 2.49. The summed E-state index contributed by atoms with van der Waals surface area (Å²) in [5.74, 6) is 0.251. The molecule has 0 spiro atoms. The highest BCUT2D eigenvalue weighted by atomic mass is 16.2. The van der Waals surface area contributed by atoms with Crippen molar-refractivity contribution in [2.24, 2.45) is 0 Å². The van der Waals surface area contributed by atoms with Gasteiger partial charge in [0.1, 0.15) is 0 Å². The zero-order chi connectivity index (χ0) is 20.6. The van der Waals surface area contributed by atoms with Gasteiger partial charge < -0.3 is 10.2 Å². The molecule has 3 aliphatic rings. The van der Waals surface area contributed by atoms with Gasteiger partial charge in [0, 0.05) is 5.69 Å². The molecule has 2 heterocycles. The van der Waals surface area contributed by atoms with E-state index in [1.807, 2.05) is 0 Å². The number of hydrogen-bond donors (Lipinski definition) is 1. The number of carbonyl (C=O) groups excluding carboxylic acids is 1. The van der Waals surface area contributed by atoms with E-state index in [-0.39, 0.29) is 11.3 Å². The number of nitrogens with zero attached hydrogens (tertiary/aromatic N) is 1. The van der Waals surface area contributed by atoms with E-state index in [0.29, 0.717) is 5.41 Å². The van der Waals surface area contributed by atoms with E-state index >= 15 is 0 Å². The highest BCUT2D eigenvalue weighted by molar-refractivity contribution is 6.07. The number of aryl methyl sites for hydroxylation is 1. The molecular formula is C27H34N2O. The first kappa shape index (κ1) is 19.8. The van der Waals surface area contributed by atoms with Crippen LogP contribution < -0.4 is 5.32 Å². The van der Waals surface area contributed by atoms with E-state index in [1.54, 1.807) is 0 Å². The van der Waals surface area contributed by atoms with E-state index in [1.165, 1.54) is 49.0 Å². The minimum Gasteiger partial charge on any atom is -0.325 e. The fourth-order valence-electron chi connectivity index (χ4n) is 6.18. The van der Waals surface area contributed by atoms with Gasteiger partial charge in [-0.05, 0) is 92.8 Å². The number of carbonyl (C=O) groups is 1. The van der Waals surface area contributed by atoms with Gasteiger partial charge in [-0.3, -0.25) is 4.79 Å². The summed E-state index contributed by atoms with van der Waals surface area (Å²) in [5, 5.41) is 3.19. The molecule has 1 amide bonds. The molecule has 1 aliphatic carbocycles. The summed E-state index contributed by atoms with van der Waals surface area (Å²) >= 11 is 0.